The highest BCUT2D eigenvalue weighted by atomic mass is 15.4. The molecule has 7 heteroatoms. The van der Waals surface area contributed by atoms with Gasteiger partial charge in [-0.1, -0.05) is 68.0 Å². The Morgan fingerprint density at radius 3 is 2.31 bits per heavy atom. The van der Waals surface area contributed by atoms with Gasteiger partial charge in [-0.2, -0.15) is 0 Å². The molecule has 2 aromatic carbocycles. The lowest BCUT2D eigenvalue weighted by molar-refractivity contribution is -0.756. The molecule has 2 aromatic heterocycles. The van der Waals surface area contributed by atoms with Crippen LogP contribution in [-0.4, -0.2) is 30.1 Å². The van der Waals surface area contributed by atoms with Crippen LogP contribution in [0.3, 0.4) is 0 Å². The Morgan fingerprint density at radius 2 is 1.55 bits per heavy atom. The first-order valence-electron chi connectivity index (χ1n) is 15.2. The Kier molecular flexibility index (Phi) is 5.71. The molecule has 0 aliphatic carbocycles. The number of pyridine rings is 2. The normalized spacial score (nSPS) is 21.3. The van der Waals surface area contributed by atoms with Crippen molar-refractivity contribution in [3.05, 3.63) is 121 Å². The van der Waals surface area contributed by atoms with Crippen LogP contribution in [0.2, 0.25) is 5.82 Å². The summed E-state index contributed by atoms with van der Waals surface area (Å²) in [6.45, 7) is 4.79. The number of hydrogen-bond donors (Lipinski definition) is 0. The van der Waals surface area contributed by atoms with Gasteiger partial charge in [0.25, 0.3) is 5.82 Å². The molecule has 4 aliphatic heterocycles. The second-order valence-corrected chi connectivity index (χ2v) is 11.9. The van der Waals surface area contributed by atoms with Gasteiger partial charge in [0.05, 0.1) is 17.7 Å². The molecule has 8 rings (SSSR count). The molecular weight excluding hydrogens is 515 g/mol. The van der Waals surface area contributed by atoms with Crippen molar-refractivity contribution in [2.75, 3.05) is 21.6 Å². The van der Waals surface area contributed by atoms with Gasteiger partial charge in [0.1, 0.15) is 23.2 Å². The molecule has 0 bridgehead atoms. The Hall–Kier alpha value is -4.52. The van der Waals surface area contributed by atoms with Crippen molar-refractivity contribution in [3.63, 3.8) is 0 Å². The summed E-state index contributed by atoms with van der Waals surface area (Å²) in [5.41, 5.74) is 6.35. The van der Waals surface area contributed by atoms with Gasteiger partial charge in [0, 0.05) is 43.8 Å². The lowest BCUT2D eigenvalue weighted by Crippen LogP contribution is -2.71. The van der Waals surface area contributed by atoms with E-state index in [1.807, 2.05) is 12.3 Å². The number of para-hydroxylation sites is 3. The standard InChI is InChI=1S/C35H36BN6/c1-4-35(5-2)34(27-24-26-14-6-7-15-28(26)39-23-22-38(3)33(39)25-27)36-41(31-18-10-12-20-37-31)29-16-8-9-17-30(29)42(36)32-19-11-13-21-40(32)35/h6-24,33-34H,4-5,25H2,1-3H3/q+1. The predicted molar refractivity (Wildman–Crippen MR) is 172 cm³/mol. The smallest absolute Gasteiger partial charge is 0.358 e. The Morgan fingerprint density at radius 1 is 0.833 bits per heavy atom. The molecule has 2 unspecified atom stereocenters. The summed E-state index contributed by atoms with van der Waals surface area (Å²) in [4.78, 5) is 14.9. The van der Waals surface area contributed by atoms with Gasteiger partial charge < -0.3 is 14.6 Å². The largest absolute Gasteiger partial charge is 0.519 e. The van der Waals surface area contributed by atoms with E-state index in [1.165, 1.54) is 34.0 Å². The zero-order valence-corrected chi connectivity index (χ0v) is 24.5. The highest BCUT2D eigenvalue weighted by Crippen LogP contribution is 2.57. The fourth-order valence-electron chi connectivity index (χ4n) is 8.17. The monoisotopic (exact) mass is 551 g/mol. The molecule has 0 spiro atoms. The van der Waals surface area contributed by atoms with Gasteiger partial charge in [-0.05, 0) is 54.8 Å². The van der Waals surface area contributed by atoms with Crippen molar-refractivity contribution >= 4 is 41.8 Å². The van der Waals surface area contributed by atoms with Crippen LogP contribution < -0.4 is 19.1 Å². The van der Waals surface area contributed by atoms with Crippen LogP contribution in [0.5, 0.6) is 0 Å². The third-order valence-corrected chi connectivity index (χ3v) is 10.1. The number of fused-ring (bicyclic) bond motifs is 8. The van der Waals surface area contributed by atoms with E-state index in [-0.39, 0.29) is 24.5 Å². The van der Waals surface area contributed by atoms with Gasteiger partial charge in [-0.3, -0.25) is 4.81 Å². The van der Waals surface area contributed by atoms with Crippen LogP contribution in [0, 0.1) is 0 Å². The minimum Gasteiger partial charge on any atom is -0.358 e. The average Bonchev–Trinajstić information content (AvgIpc) is 3.52. The van der Waals surface area contributed by atoms with Crippen LogP contribution in [0.4, 0.5) is 28.7 Å². The maximum atomic E-state index is 4.95. The van der Waals surface area contributed by atoms with Crippen molar-refractivity contribution in [1.82, 2.24) is 9.88 Å². The number of anilines is 5. The summed E-state index contributed by atoms with van der Waals surface area (Å²) in [6.07, 6.45) is 14.5. The molecule has 4 aromatic rings. The number of aromatic nitrogens is 2. The summed E-state index contributed by atoms with van der Waals surface area (Å²) in [5, 5.41) is 0. The van der Waals surface area contributed by atoms with Gasteiger partial charge in [0.15, 0.2) is 0 Å². The molecule has 4 aliphatic rings. The maximum absolute atomic E-state index is 4.95. The molecule has 2 atom stereocenters. The van der Waals surface area contributed by atoms with E-state index in [2.05, 4.69) is 148 Å². The SMILES string of the molecule is CCC1(CC)C(C2=Cc3ccccc3N3C=CN(C)C3C2)B2N(c3ccccn3)c3ccccc3N2c2cccc[n+]21. The first-order valence-corrected chi connectivity index (χ1v) is 15.2. The molecule has 0 fully saturated rings. The van der Waals surface area contributed by atoms with E-state index in [1.54, 1.807) is 0 Å². The van der Waals surface area contributed by atoms with E-state index < -0.39 is 0 Å². The first-order chi connectivity index (χ1) is 20.7. The lowest BCUT2D eigenvalue weighted by atomic mass is 9.46. The topological polar surface area (TPSA) is 29.7 Å². The van der Waals surface area contributed by atoms with E-state index >= 15 is 0 Å². The van der Waals surface area contributed by atoms with Gasteiger partial charge in [-0.15, -0.1) is 0 Å². The van der Waals surface area contributed by atoms with Crippen molar-refractivity contribution in [2.24, 2.45) is 0 Å². The summed E-state index contributed by atoms with van der Waals surface area (Å²) >= 11 is 0. The fourth-order valence-corrected chi connectivity index (χ4v) is 8.17. The molecule has 0 radical (unpaired) electrons. The average molecular weight is 552 g/mol. The quantitative estimate of drug-likeness (QED) is 0.200. The molecule has 0 saturated heterocycles. The molecular formula is C35H36BN6+. The minimum atomic E-state index is -0.132. The van der Waals surface area contributed by atoms with E-state index in [4.69, 9.17) is 4.98 Å². The highest BCUT2D eigenvalue weighted by molar-refractivity contribution is 6.75. The van der Waals surface area contributed by atoms with Crippen molar-refractivity contribution in [2.45, 2.75) is 50.6 Å². The zero-order chi connectivity index (χ0) is 28.4. The van der Waals surface area contributed by atoms with Gasteiger partial charge in [-0.25, -0.2) is 9.55 Å². The highest BCUT2D eigenvalue weighted by Gasteiger charge is 2.66. The van der Waals surface area contributed by atoms with Crippen molar-refractivity contribution < 1.29 is 4.57 Å². The number of hydrogen-bond acceptors (Lipinski definition) is 5. The second-order valence-electron chi connectivity index (χ2n) is 11.9. The van der Waals surface area contributed by atoms with E-state index in [0.29, 0.717) is 0 Å². The third kappa shape index (κ3) is 3.40. The summed E-state index contributed by atoms with van der Waals surface area (Å²) in [5.74, 6) is 2.41. The van der Waals surface area contributed by atoms with Crippen LogP contribution in [0.25, 0.3) is 6.08 Å². The predicted octanol–water partition coefficient (Wildman–Crippen LogP) is 7.08. The molecule has 6 nitrogen and oxygen atoms in total. The van der Waals surface area contributed by atoms with Crippen molar-refractivity contribution in [3.8, 4) is 0 Å². The molecule has 0 N–H and O–H groups in total. The molecule has 208 valence electrons. The Balaban J connectivity index is 1.43. The molecule has 42 heavy (non-hydrogen) atoms. The van der Waals surface area contributed by atoms with Crippen molar-refractivity contribution in [1.29, 1.82) is 0 Å². The minimum absolute atomic E-state index is 0.0317. The number of nitrogens with zero attached hydrogens (tertiary/aromatic N) is 6. The second kappa shape index (κ2) is 9.52. The van der Waals surface area contributed by atoms with Gasteiger partial charge in [0.2, 0.25) is 0 Å². The molecule has 0 amide bonds. The Labute approximate surface area is 249 Å². The number of benzene rings is 2. The van der Waals surface area contributed by atoms with E-state index in [9.17, 15) is 0 Å². The maximum Gasteiger partial charge on any atom is 0.519 e. The summed E-state index contributed by atoms with van der Waals surface area (Å²) in [7, 11) is 2.21. The van der Waals surface area contributed by atoms with Gasteiger partial charge >= 0.3 is 6.98 Å². The molecule has 0 saturated carbocycles. The lowest BCUT2D eigenvalue weighted by Gasteiger charge is -2.47. The third-order valence-electron chi connectivity index (χ3n) is 10.1. The van der Waals surface area contributed by atoms with Crippen LogP contribution >= 0.6 is 0 Å². The first kappa shape index (κ1) is 25.2. The van der Waals surface area contributed by atoms with Crippen LogP contribution in [0.15, 0.2) is 115 Å². The summed E-state index contributed by atoms with van der Waals surface area (Å²) < 4.78 is 2.60. The fraction of sp³-hybridized carbons (Fsp3) is 0.257. The Bertz CT molecular complexity index is 1710. The van der Waals surface area contributed by atoms with Crippen LogP contribution in [0.1, 0.15) is 38.7 Å². The van der Waals surface area contributed by atoms with E-state index in [0.717, 1.165) is 25.1 Å². The number of rotatable bonds is 4. The molecule has 6 heterocycles. The zero-order valence-electron chi connectivity index (χ0n) is 24.5. The van der Waals surface area contributed by atoms with Crippen LogP contribution in [-0.2, 0) is 5.54 Å². The summed E-state index contributed by atoms with van der Waals surface area (Å²) in [6, 6.07) is 30.7.